The van der Waals surface area contributed by atoms with Gasteiger partial charge in [0.2, 0.25) is 11.1 Å². The Morgan fingerprint density at radius 3 is 2.46 bits per heavy atom. The van der Waals surface area contributed by atoms with E-state index in [2.05, 4.69) is 10.0 Å². The number of nitrogens with zero attached hydrogens (tertiary/aromatic N) is 2. The molecular formula is C18H21N3O2S+. The lowest BCUT2D eigenvalue weighted by molar-refractivity contribution is -0.210. The largest absolute Gasteiger partial charge is 0.397 e. The van der Waals surface area contributed by atoms with Crippen LogP contribution >= 0.6 is 0 Å². The fourth-order valence-corrected chi connectivity index (χ4v) is 3.68. The number of hydrogen-bond donors (Lipinski definition) is 1. The highest BCUT2D eigenvalue weighted by Gasteiger charge is 2.18. The predicted octanol–water partition coefficient (Wildman–Crippen LogP) is 2.72. The minimum absolute atomic E-state index is 0.376. The average Bonchev–Trinajstić information content (AvgIpc) is 2.63. The van der Waals surface area contributed by atoms with Crippen molar-refractivity contribution in [1.82, 2.24) is 0 Å². The van der Waals surface area contributed by atoms with E-state index < -0.39 is 11.1 Å². The molecule has 1 atom stereocenters. The van der Waals surface area contributed by atoms with Gasteiger partial charge < -0.3 is 9.08 Å². The van der Waals surface area contributed by atoms with Crippen LogP contribution in [0.5, 0.6) is 5.75 Å². The van der Waals surface area contributed by atoms with Crippen molar-refractivity contribution in [2.24, 2.45) is 5.11 Å². The molecule has 125 valence electrons. The minimum atomic E-state index is -1.71. The van der Waals surface area contributed by atoms with Crippen LogP contribution in [0, 0.1) is 6.92 Å². The third-order valence-electron chi connectivity index (χ3n) is 4.16. The van der Waals surface area contributed by atoms with Crippen LogP contribution in [0.3, 0.4) is 0 Å². The van der Waals surface area contributed by atoms with Crippen molar-refractivity contribution < 1.29 is 13.9 Å². The van der Waals surface area contributed by atoms with Crippen molar-refractivity contribution in [2.75, 3.05) is 18.0 Å². The Morgan fingerprint density at radius 1 is 1.08 bits per heavy atom. The van der Waals surface area contributed by atoms with Crippen LogP contribution in [0.4, 0.5) is 11.4 Å². The van der Waals surface area contributed by atoms with E-state index >= 15 is 0 Å². The van der Waals surface area contributed by atoms with Crippen LogP contribution in [0.2, 0.25) is 0 Å². The van der Waals surface area contributed by atoms with Crippen LogP contribution in [-0.4, -0.2) is 17.3 Å². The summed E-state index contributed by atoms with van der Waals surface area (Å²) in [5.41, 5.74) is 9.82. The van der Waals surface area contributed by atoms with Crippen molar-refractivity contribution in [3.05, 3.63) is 48.0 Å². The lowest BCUT2D eigenvalue weighted by atomic mass is 10.1. The van der Waals surface area contributed by atoms with Gasteiger partial charge in [0.1, 0.15) is 16.2 Å². The van der Waals surface area contributed by atoms with Gasteiger partial charge in [0, 0.05) is 18.8 Å². The van der Waals surface area contributed by atoms with Gasteiger partial charge in [-0.05, 0) is 56.5 Å². The summed E-state index contributed by atoms with van der Waals surface area (Å²) in [5.74, 6) is 0.540. The van der Waals surface area contributed by atoms with Gasteiger partial charge in [-0.2, -0.15) is 0 Å². The maximum Gasteiger partial charge on any atom is 0.243 e. The van der Waals surface area contributed by atoms with Gasteiger partial charge in [-0.15, -0.1) is 0 Å². The highest BCUT2D eigenvalue weighted by molar-refractivity contribution is 7.80. The predicted molar refractivity (Wildman–Crippen MR) is 93.8 cm³/mol. The molecule has 1 fully saturated rings. The summed E-state index contributed by atoms with van der Waals surface area (Å²) in [4.78, 5) is 2.72. The van der Waals surface area contributed by atoms with Crippen molar-refractivity contribution in [2.45, 2.75) is 31.1 Å². The fourth-order valence-electron chi connectivity index (χ4n) is 2.80. The molecular weight excluding hydrogens is 322 g/mol. The molecule has 24 heavy (non-hydrogen) atoms. The van der Waals surface area contributed by atoms with E-state index in [9.17, 15) is 4.21 Å². The van der Waals surface area contributed by atoms with Crippen LogP contribution in [0.1, 0.15) is 24.8 Å². The van der Waals surface area contributed by atoms with E-state index in [1.165, 1.54) is 19.3 Å². The van der Waals surface area contributed by atoms with Crippen LogP contribution in [0.15, 0.2) is 52.5 Å². The summed E-state index contributed by atoms with van der Waals surface area (Å²) in [6, 6.07) is 12.9. The zero-order valence-corrected chi connectivity index (χ0v) is 14.5. The molecule has 1 heterocycles. The summed E-state index contributed by atoms with van der Waals surface area (Å²) in [5, 5.41) is 3.49. The topological polar surface area (TPSA) is 65.7 Å². The molecule has 1 aliphatic heterocycles. The molecule has 3 rings (SSSR count). The second kappa shape index (κ2) is 7.57. The molecule has 1 unspecified atom stereocenters. The molecule has 5 nitrogen and oxygen atoms in total. The first-order chi connectivity index (χ1) is 11.7. The normalized spacial score (nSPS) is 15.8. The maximum atomic E-state index is 12.6. The average molecular weight is 343 g/mol. The van der Waals surface area contributed by atoms with Crippen LogP contribution < -0.4 is 14.6 Å². The molecule has 1 N–H and O–H groups in total. The Labute approximate surface area is 144 Å². The Morgan fingerprint density at radius 2 is 1.79 bits per heavy atom. The molecule has 2 aromatic rings. The Kier molecular flexibility index (Phi) is 5.25. The number of nitrogens with one attached hydrogen (secondary N) is 1. The van der Waals surface area contributed by atoms with Gasteiger partial charge in [0.25, 0.3) is 0 Å². The second-order valence-corrected chi connectivity index (χ2v) is 7.02. The lowest BCUT2D eigenvalue weighted by Gasteiger charge is -2.29. The van der Waals surface area contributed by atoms with E-state index in [1.54, 1.807) is 18.2 Å². The molecule has 0 aromatic heterocycles. The van der Waals surface area contributed by atoms with Crippen molar-refractivity contribution in [3.8, 4) is 5.75 Å². The first kappa shape index (κ1) is 16.6. The van der Waals surface area contributed by atoms with Crippen molar-refractivity contribution in [1.29, 1.82) is 0 Å². The zero-order chi connectivity index (χ0) is 16.9. The minimum Gasteiger partial charge on any atom is -0.397 e. The molecule has 0 spiro atoms. The monoisotopic (exact) mass is 343 g/mol. The molecule has 1 radical (unpaired) electrons. The molecule has 0 aliphatic carbocycles. The van der Waals surface area contributed by atoms with E-state index in [0.29, 0.717) is 16.3 Å². The van der Waals surface area contributed by atoms with Crippen LogP contribution in [0.25, 0.3) is 0 Å². The number of hydrogen-bond acceptors (Lipinski definition) is 5. The van der Waals surface area contributed by atoms with Gasteiger partial charge in [-0.25, -0.2) is 4.21 Å². The number of benzene rings is 2. The SMILES string of the molecule is Cc1ccc(OS(=O)c2cc(N3CCCCC3)ccc2N=[NH+])cc1. The molecule has 1 saturated heterocycles. The summed E-state index contributed by atoms with van der Waals surface area (Å²) in [7, 11) is 0. The third-order valence-corrected chi connectivity index (χ3v) is 5.19. The number of rotatable bonds is 5. The fraction of sp³-hybridized carbons (Fsp3) is 0.333. The lowest BCUT2D eigenvalue weighted by Crippen LogP contribution is -2.29. The van der Waals surface area contributed by atoms with E-state index in [1.807, 2.05) is 31.2 Å². The second-order valence-electron chi connectivity index (χ2n) is 5.94. The smallest absolute Gasteiger partial charge is 0.243 e. The Hall–Kier alpha value is -2.21. The summed E-state index contributed by atoms with van der Waals surface area (Å²) in [6.07, 6.45) is 3.59. The Balaban J connectivity index is 1.85. The highest BCUT2D eigenvalue weighted by atomic mass is 32.2. The van der Waals surface area contributed by atoms with Gasteiger partial charge in [0.05, 0.1) is 5.11 Å². The molecule has 0 saturated carbocycles. The molecule has 1 aliphatic rings. The molecule has 0 amide bonds. The first-order valence-electron chi connectivity index (χ1n) is 8.10. The first-order valence-corrected chi connectivity index (χ1v) is 9.18. The quantitative estimate of drug-likeness (QED) is 0.849. The van der Waals surface area contributed by atoms with Gasteiger partial charge >= 0.3 is 0 Å². The van der Waals surface area contributed by atoms with Gasteiger partial charge in [0.15, 0.2) is 5.69 Å². The number of anilines is 1. The van der Waals surface area contributed by atoms with Gasteiger partial charge in [-0.1, -0.05) is 17.7 Å². The summed E-state index contributed by atoms with van der Waals surface area (Å²) < 4.78 is 18.2. The standard InChI is InChI=1S/C18H21N3O2S/c1-14-5-8-16(9-6-14)23-24(22)18-13-15(7-10-17(18)20-19)21-11-3-2-4-12-21/h5-10,13,19H,2-4,11-12H2,1H3/q+1. The molecule has 0 bridgehead atoms. The Bertz CT molecular complexity index is 740. The van der Waals surface area contributed by atoms with Crippen molar-refractivity contribution >= 4 is 22.5 Å². The van der Waals surface area contributed by atoms with E-state index in [0.717, 1.165) is 24.3 Å². The number of aryl methyl sites for hydroxylation is 1. The molecule has 2 aromatic carbocycles. The van der Waals surface area contributed by atoms with Gasteiger partial charge in [-0.3, -0.25) is 0 Å². The van der Waals surface area contributed by atoms with E-state index in [4.69, 9.17) is 9.71 Å². The highest BCUT2D eigenvalue weighted by Crippen LogP contribution is 2.30. The number of piperidine rings is 1. The molecule has 6 heteroatoms. The van der Waals surface area contributed by atoms with Crippen molar-refractivity contribution in [3.63, 3.8) is 0 Å². The summed E-state index contributed by atoms with van der Waals surface area (Å²) in [6.45, 7) is 3.99. The summed E-state index contributed by atoms with van der Waals surface area (Å²) >= 11 is -1.71. The van der Waals surface area contributed by atoms with E-state index in [-0.39, 0.29) is 0 Å². The van der Waals surface area contributed by atoms with Crippen LogP contribution in [-0.2, 0) is 11.1 Å². The zero-order valence-electron chi connectivity index (χ0n) is 13.7. The maximum absolute atomic E-state index is 12.6. The third kappa shape index (κ3) is 3.82.